The molecule has 0 radical (unpaired) electrons. The maximum atomic E-state index is 5.91. The Kier molecular flexibility index (Phi) is 3.11. The molecular formula is C11H16N2S. The van der Waals surface area contributed by atoms with Crippen LogP contribution >= 0.6 is 11.8 Å². The Bertz CT molecular complexity index is 297. The van der Waals surface area contributed by atoms with E-state index in [4.69, 9.17) is 5.84 Å². The second-order valence-corrected chi connectivity index (χ2v) is 4.55. The lowest BCUT2D eigenvalue weighted by atomic mass is 10.1. The lowest BCUT2D eigenvalue weighted by Gasteiger charge is -2.19. The van der Waals surface area contributed by atoms with Crippen molar-refractivity contribution in [1.29, 1.82) is 0 Å². The van der Waals surface area contributed by atoms with Crippen molar-refractivity contribution in [2.75, 3.05) is 12.8 Å². The Hall–Kier alpha value is -0.510. The van der Waals surface area contributed by atoms with E-state index in [9.17, 15) is 0 Å². The molecule has 76 valence electrons. The summed E-state index contributed by atoms with van der Waals surface area (Å²) in [6.07, 6.45) is 4.50. The molecule has 1 unspecified atom stereocenters. The molecule has 0 aliphatic carbocycles. The highest BCUT2D eigenvalue weighted by molar-refractivity contribution is 7.98. The number of hydrogen-bond acceptors (Lipinski definition) is 3. The Labute approximate surface area is 89.4 Å². The highest BCUT2D eigenvalue weighted by Crippen LogP contribution is 2.29. The molecular weight excluding hydrogens is 192 g/mol. The summed E-state index contributed by atoms with van der Waals surface area (Å²) < 4.78 is 0. The van der Waals surface area contributed by atoms with Gasteiger partial charge in [-0.2, -0.15) is 0 Å². The summed E-state index contributed by atoms with van der Waals surface area (Å²) in [5, 5.41) is 1.95. The zero-order valence-corrected chi connectivity index (χ0v) is 9.26. The van der Waals surface area contributed by atoms with Crippen LogP contribution in [0.3, 0.4) is 0 Å². The van der Waals surface area contributed by atoms with E-state index in [-0.39, 0.29) is 0 Å². The highest BCUT2D eigenvalue weighted by Gasteiger charge is 2.22. The van der Waals surface area contributed by atoms with E-state index < -0.39 is 0 Å². The predicted octanol–water partition coefficient (Wildman–Crippen LogP) is 2.42. The number of nitrogens with two attached hydrogens (primary N) is 1. The molecule has 2 nitrogen and oxygen atoms in total. The summed E-state index contributed by atoms with van der Waals surface area (Å²) >= 11 is 1.78. The van der Waals surface area contributed by atoms with Gasteiger partial charge in [-0.1, -0.05) is 12.1 Å². The van der Waals surface area contributed by atoms with Crippen LogP contribution in [0.5, 0.6) is 0 Å². The fourth-order valence-corrected chi connectivity index (χ4v) is 2.38. The molecule has 2 rings (SSSR count). The van der Waals surface area contributed by atoms with Crippen LogP contribution in [0.25, 0.3) is 0 Å². The first kappa shape index (κ1) is 10.0. The Morgan fingerprint density at radius 2 is 2.07 bits per heavy atom. The van der Waals surface area contributed by atoms with E-state index in [2.05, 4.69) is 30.5 Å². The third kappa shape index (κ3) is 1.95. The van der Waals surface area contributed by atoms with Crippen molar-refractivity contribution in [2.45, 2.75) is 23.8 Å². The minimum atomic E-state index is 0.436. The molecule has 0 bridgehead atoms. The first-order valence-electron chi connectivity index (χ1n) is 4.96. The molecule has 1 aliphatic heterocycles. The monoisotopic (exact) mass is 208 g/mol. The zero-order chi connectivity index (χ0) is 9.97. The van der Waals surface area contributed by atoms with Crippen LogP contribution in [0.2, 0.25) is 0 Å². The van der Waals surface area contributed by atoms with Crippen LogP contribution < -0.4 is 5.84 Å². The van der Waals surface area contributed by atoms with Gasteiger partial charge >= 0.3 is 0 Å². The molecule has 1 aliphatic rings. The van der Waals surface area contributed by atoms with Gasteiger partial charge < -0.3 is 0 Å². The van der Waals surface area contributed by atoms with Crippen molar-refractivity contribution >= 4 is 11.8 Å². The van der Waals surface area contributed by atoms with E-state index in [0.717, 1.165) is 6.54 Å². The molecule has 0 aromatic heterocycles. The summed E-state index contributed by atoms with van der Waals surface area (Å²) in [7, 11) is 0. The lowest BCUT2D eigenvalue weighted by Crippen LogP contribution is -2.30. The lowest BCUT2D eigenvalue weighted by molar-refractivity contribution is 0.266. The van der Waals surface area contributed by atoms with Crippen molar-refractivity contribution in [3.05, 3.63) is 29.8 Å². The van der Waals surface area contributed by atoms with E-state index in [1.165, 1.54) is 23.3 Å². The average molecular weight is 208 g/mol. The maximum Gasteiger partial charge on any atom is 0.0491 e. The molecule has 0 saturated carbocycles. The second-order valence-electron chi connectivity index (χ2n) is 3.67. The number of benzene rings is 1. The van der Waals surface area contributed by atoms with Gasteiger partial charge in [0.1, 0.15) is 0 Å². The summed E-state index contributed by atoms with van der Waals surface area (Å²) in [5.41, 5.74) is 1.35. The van der Waals surface area contributed by atoms with E-state index in [0.29, 0.717) is 6.04 Å². The standard InChI is InChI=1S/C11H16N2S/c1-14-10-6-4-9(5-7-10)11-3-2-8-13(11)12/h4-7,11H,2-3,8,12H2,1H3. The molecule has 1 atom stereocenters. The Balaban J connectivity index is 2.16. The molecule has 0 amide bonds. The average Bonchev–Trinajstić information content (AvgIpc) is 2.65. The first-order valence-corrected chi connectivity index (χ1v) is 6.19. The van der Waals surface area contributed by atoms with Gasteiger partial charge in [-0.05, 0) is 36.8 Å². The summed E-state index contributed by atoms with van der Waals surface area (Å²) in [4.78, 5) is 1.32. The summed E-state index contributed by atoms with van der Waals surface area (Å²) in [6.45, 7) is 1.02. The smallest absolute Gasteiger partial charge is 0.0491 e. The third-order valence-electron chi connectivity index (χ3n) is 2.79. The molecule has 3 heteroatoms. The number of thioether (sulfide) groups is 1. The third-order valence-corrected chi connectivity index (χ3v) is 3.54. The summed E-state index contributed by atoms with van der Waals surface area (Å²) in [5.74, 6) is 5.91. The van der Waals surface area contributed by atoms with Crippen LogP contribution in [0.1, 0.15) is 24.4 Å². The number of nitrogens with zero attached hydrogens (tertiary/aromatic N) is 1. The fraction of sp³-hybridized carbons (Fsp3) is 0.455. The van der Waals surface area contributed by atoms with Crippen LogP contribution in [-0.4, -0.2) is 17.8 Å². The van der Waals surface area contributed by atoms with Crippen LogP contribution in [-0.2, 0) is 0 Å². The van der Waals surface area contributed by atoms with Crippen LogP contribution in [0.15, 0.2) is 29.2 Å². The Morgan fingerprint density at radius 1 is 1.36 bits per heavy atom. The number of hydrazine groups is 1. The van der Waals surface area contributed by atoms with Crippen molar-refractivity contribution in [1.82, 2.24) is 5.01 Å². The molecule has 2 N–H and O–H groups in total. The zero-order valence-electron chi connectivity index (χ0n) is 8.44. The van der Waals surface area contributed by atoms with Crippen LogP contribution in [0, 0.1) is 0 Å². The van der Waals surface area contributed by atoms with Gasteiger partial charge in [0.15, 0.2) is 0 Å². The first-order chi connectivity index (χ1) is 6.81. The van der Waals surface area contributed by atoms with Gasteiger partial charge in [0.25, 0.3) is 0 Å². The van der Waals surface area contributed by atoms with Crippen molar-refractivity contribution < 1.29 is 0 Å². The fourth-order valence-electron chi connectivity index (χ4n) is 1.97. The quantitative estimate of drug-likeness (QED) is 0.598. The Morgan fingerprint density at radius 3 is 2.57 bits per heavy atom. The van der Waals surface area contributed by atoms with Crippen molar-refractivity contribution in [2.24, 2.45) is 5.84 Å². The SMILES string of the molecule is CSc1ccc(C2CCCN2N)cc1. The van der Waals surface area contributed by atoms with Crippen molar-refractivity contribution in [3.8, 4) is 0 Å². The number of hydrogen-bond donors (Lipinski definition) is 1. The van der Waals surface area contributed by atoms with E-state index in [1.807, 2.05) is 5.01 Å². The number of rotatable bonds is 2. The van der Waals surface area contributed by atoms with Gasteiger partial charge in [-0.15, -0.1) is 11.8 Å². The highest BCUT2D eigenvalue weighted by atomic mass is 32.2. The molecule has 14 heavy (non-hydrogen) atoms. The van der Waals surface area contributed by atoms with Gasteiger partial charge in [0.05, 0.1) is 0 Å². The topological polar surface area (TPSA) is 29.3 Å². The van der Waals surface area contributed by atoms with Crippen molar-refractivity contribution in [3.63, 3.8) is 0 Å². The predicted molar refractivity (Wildman–Crippen MR) is 61.1 cm³/mol. The molecule has 1 aromatic carbocycles. The molecule has 0 spiro atoms. The van der Waals surface area contributed by atoms with Gasteiger partial charge in [0.2, 0.25) is 0 Å². The summed E-state index contributed by atoms with van der Waals surface area (Å²) in [6, 6.07) is 9.17. The minimum Gasteiger partial charge on any atom is -0.268 e. The normalized spacial score (nSPS) is 22.9. The minimum absolute atomic E-state index is 0.436. The largest absolute Gasteiger partial charge is 0.268 e. The second kappa shape index (κ2) is 4.34. The molecule has 1 aromatic rings. The molecule has 1 heterocycles. The van der Waals surface area contributed by atoms with Gasteiger partial charge in [-0.3, -0.25) is 5.84 Å². The van der Waals surface area contributed by atoms with E-state index in [1.54, 1.807) is 11.8 Å². The van der Waals surface area contributed by atoms with Crippen LogP contribution in [0.4, 0.5) is 0 Å². The van der Waals surface area contributed by atoms with E-state index >= 15 is 0 Å². The molecule has 1 saturated heterocycles. The molecule has 1 fully saturated rings. The maximum absolute atomic E-state index is 5.91. The van der Waals surface area contributed by atoms with Gasteiger partial charge in [0, 0.05) is 17.5 Å². The van der Waals surface area contributed by atoms with Gasteiger partial charge in [-0.25, -0.2) is 5.01 Å².